The Balaban J connectivity index is 1.70. The van der Waals surface area contributed by atoms with Gasteiger partial charge in [-0.1, -0.05) is 0 Å². The van der Waals surface area contributed by atoms with Crippen molar-refractivity contribution in [3.8, 4) is 0 Å². The Kier molecular flexibility index (Phi) is 2.65. The average molecular weight is 312 g/mol. The summed E-state index contributed by atoms with van der Waals surface area (Å²) >= 11 is 0. The maximum atomic E-state index is 12.4. The van der Waals surface area contributed by atoms with E-state index in [1.165, 1.54) is 4.90 Å². The lowest BCUT2D eigenvalue weighted by Gasteiger charge is -2.59. The molecule has 7 heteroatoms. The molecule has 4 saturated carbocycles. The van der Waals surface area contributed by atoms with Crippen molar-refractivity contribution in [2.75, 3.05) is 0 Å². The molecule has 4 aliphatic carbocycles. The fourth-order valence-corrected chi connectivity index (χ4v) is 6.37. The Labute approximate surface area is 123 Å². The van der Waals surface area contributed by atoms with Crippen LogP contribution in [-0.2, 0) is 19.7 Å². The van der Waals surface area contributed by atoms with Gasteiger partial charge in [0.1, 0.15) is 15.4 Å². The third kappa shape index (κ3) is 1.90. The fourth-order valence-electron chi connectivity index (χ4n) is 5.67. The van der Waals surface area contributed by atoms with E-state index in [-0.39, 0.29) is 0 Å². The van der Waals surface area contributed by atoms with E-state index in [0.717, 1.165) is 38.5 Å². The molecule has 0 radical (unpaired) electrons. The van der Waals surface area contributed by atoms with E-state index in [2.05, 4.69) is 0 Å². The molecule has 5 fully saturated rings. The smallest absolute Gasteiger partial charge is 0.247 e. The molecule has 0 N–H and O–H groups in total. The van der Waals surface area contributed by atoms with Gasteiger partial charge in [-0.05, 0) is 56.3 Å². The van der Waals surface area contributed by atoms with Crippen molar-refractivity contribution in [3.05, 3.63) is 0 Å². The van der Waals surface area contributed by atoms with Crippen molar-refractivity contribution >= 4 is 21.9 Å². The number of hydrogen-bond acceptors (Lipinski definition) is 5. The van der Waals surface area contributed by atoms with Crippen LogP contribution < -0.4 is 0 Å². The van der Waals surface area contributed by atoms with E-state index < -0.39 is 39.1 Å². The normalized spacial score (nSPS) is 45.7. The van der Waals surface area contributed by atoms with Crippen molar-refractivity contribution in [1.29, 1.82) is 0 Å². The van der Waals surface area contributed by atoms with E-state index in [0.29, 0.717) is 17.8 Å². The van der Waals surface area contributed by atoms with Gasteiger partial charge in [-0.25, -0.2) is 8.42 Å². The SMILES string of the molecule is O=C1CC(S(=O)(=O)[O-])C(=O)N1C12CC3CC(CC(C3)C1)C2. The Morgan fingerprint density at radius 1 is 1.00 bits per heavy atom. The van der Waals surface area contributed by atoms with Crippen LogP contribution in [-0.4, -0.2) is 40.5 Å². The van der Waals surface area contributed by atoms with Gasteiger partial charge in [0.05, 0.1) is 12.0 Å². The number of hydrogen-bond donors (Lipinski definition) is 0. The van der Waals surface area contributed by atoms with Crippen molar-refractivity contribution in [2.45, 2.75) is 55.7 Å². The van der Waals surface area contributed by atoms with Gasteiger partial charge in [-0.2, -0.15) is 0 Å². The summed E-state index contributed by atoms with van der Waals surface area (Å²) in [5.74, 6) is 0.391. The summed E-state index contributed by atoms with van der Waals surface area (Å²) in [5.41, 5.74) is -0.498. The van der Waals surface area contributed by atoms with E-state index >= 15 is 0 Å². The van der Waals surface area contributed by atoms with Gasteiger partial charge in [0, 0.05) is 0 Å². The molecule has 0 spiro atoms. The Morgan fingerprint density at radius 2 is 1.48 bits per heavy atom. The molecule has 116 valence electrons. The Hall–Kier alpha value is -0.950. The summed E-state index contributed by atoms with van der Waals surface area (Å²) in [6.45, 7) is 0. The van der Waals surface area contributed by atoms with E-state index in [9.17, 15) is 22.6 Å². The monoisotopic (exact) mass is 312 g/mol. The first-order valence-corrected chi connectivity index (χ1v) is 9.07. The number of rotatable bonds is 2. The molecule has 6 nitrogen and oxygen atoms in total. The van der Waals surface area contributed by atoms with Crippen LogP contribution in [0, 0.1) is 17.8 Å². The second-order valence-corrected chi connectivity index (χ2v) is 8.95. The number of carbonyl (C=O) groups excluding carboxylic acids is 2. The fraction of sp³-hybridized carbons (Fsp3) is 0.857. The highest BCUT2D eigenvalue weighted by atomic mass is 32.2. The molecular formula is C14H18NO5S-. The molecule has 1 aliphatic heterocycles. The lowest BCUT2D eigenvalue weighted by atomic mass is 9.52. The minimum absolute atomic E-state index is 0.466. The van der Waals surface area contributed by atoms with Gasteiger partial charge < -0.3 is 4.55 Å². The molecular weight excluding hydrogens is 294 g/mol. The maximum absolute atomic E-state index is 12.4. The van der Waals surface area contributed by atoms with Gasteiger partial charge in [-0.3, -0.25) is 14.5 Å². The molecule has 1 saturated heterocycles. The third-order valence-corrected chi connectivity index (χ3v) is 7.00. The second-order valence-electron chi connectivity index (χ2n) is 7.39. The quantitative estimate of drug-likeness (QED) is 0.550. The predicted molar refractivity (Wildman–Crippen MR) is 70.9 cm³/mol. The molecule has 1 atom stereocenters. The first kappa shape index (κ1) is 13.7. The zero-order chi connectivity index (χ0) is 15.0. The molecule has 2 amide bonds. The van der Waals surface area contributed by atoms with Crippen molar-refractivity contribution < 1.29 is 22.6 Å². The predicted octanol–water partition coefficient (Wildman–Crippen LogP) is 0.628. The third-order valence-electron chi connectivity index (χ3n) is 5.93. The standard InChI is InChI=1S/C14H19NO5S/c16-12-4-11(21(18,19)20)13(17)15(12)14-5-8-1-9(6-14)3-10(2-8)7-14/h8-11H,1-7H2,(H,18,19,20)/p-1. The van der Waals surface area contributed by atoms with Gasteiger partial charge >= 0.3 is 0 Å². The van der Waals surface area contributed by atoms with Crippen LogP contribution in [0.1, 0.15) is 44.9 Å². The van der Waals surface area contributed by atoms with Crippen LogP contribution >= 0.6 is 0 Å². The van der Waals surface area contributed by atoms with Crippen LogP contribution in [0.2, 0.25) is 0 Å². The summed E-state index contributed by atoms with van der Waals surface area (Å²) in [4.78, 5) is 25.9. The van der Waals surface area contributed by atoms with Gasteiger partial charge in [-0.15, -0.1) is 0 Å². The summed E-state index contributed by atoms with van der Waals surface area (Å²) in [6.07, 6.45) is 5.41. The van der Waals surface area contributed by atoms with Crippen LogP contribution in [0.15, 0.2) is 0 Å². The van der Waals surface area contributed by atoms with E-state index in [1.807, 2.05) is 0 Å². The van der Waals surface area contributed by atoms with Crippen molar-refractivity contribution in [3.63, 3.8) is 0 Å². The van der Waals surface area contributed by atoms with E-state index in [4.69, 9.17) is 0 Å². The number of imide groups is 1. The molecule has 0 aromatic carbocycles. The van der Waals surface area contributed by atoms with Crippen molar-refractivity contribution in [2.24, 2.45) is 17.8 Å². The number of carbonyl (C=O) groups is 2. The van der Waals surface area contributed by atoms with Crippen LogP contribution in [0.5, 0.6) is 0 Å². The van der Waals surface area contributed by atoms with Gasteiger partial charge in [0.2, 0.25) is 11.8 Å². The second kappa shape index (κ2) is 4.07. The first-order valence-electron chi connectivity index (χ1n) is 7.60. The molecule has 4 bridgehead atoms. The lowest BCUT2D eigenvalue weighted by molar-refractivity contribution is -0.157. The highest BCUT2D eigenvalue weighted by Crippen LogP contribution is 2.58. The lowest BCUT2D eigenvalue weighted by Crippen LogP contribution is -2.62. The topological polar surface area (TPSA) is 94.6 Å². The van der Waals surface area contributed by atoms with Gasteiger partial charge in [0.15, 0.2) is 0 Å². The zero-order valence-electron chi connectivity index (χ0n) is 11.7. The molecule has 5 rings (SSSR count). The first-order chi connectivity index (χ1) is 9.78. The largest absolute Gasteiger partial charge is 0.747 e. The highest BCUT2D eigenvalue weighted by Gasteiger charge is 2.59. The van der Waals surface area contributed by atoms with Crippen LogP contribution in [0.25, 0.3) is 0 Å². The molecule has 0 aromatic rings. The molecule has 21 heavy (non-hydrogen) atoms. The molecule has 1 unspecified atom stereocenters. The Morgan fingerprint density at radius 3 is 1.86 bits per heavy atom. The molecule has 0 aromatic heterocycles. The number of likely N-dealkylation sites (tertiary alicyclic amines) is 1. The molecule has 5 aliphatic rings. The summed E-state index contributed by atoms with van der Waals surface area (Å²) in [7, 11) is -4.75. The van der Waals surface area contributed by atoms with Crippen molar-refractivity contribution in [1.82, 2.24) is 4.90 Å². The summed E-state index contributed by atoms with van der Waals surface area (Å²) in [5, 5.41) is -1.70. The minimum atomic E-state index is -4.75. The molecule has 1 heterocycles. The van der Waals surface area contributed by atoms with Gasteiger partial charge in [0.25, 0.3) is 0 Å². The minimum Gasteiger partial charge on any atom is -0.747 e. The highest BCUT2D eigenvalue weighted by molar-refractivity contribution is 7.87. The van der Waals surface area contributed by atoms with Crippen LogP contribution in [0.4, 0.5) is 0 Å². The zero-order valence-corrected chi connectivity index (χ0v) is 12.5. The maximum Gasteiger partial charge on any atom is 0.247 e. The number of nitrogens with zero attached hydrogens (tertiary/aromatic N) is 1. The summed E-state index contributed by atoms with van der Waals surface area (Å²) < 4.78 is 33.6. The van der Waals surface area contributed by atoms with E-state index in [1.54, 1.807) is 0 Å². The average Bonchev–Trinajstić information content (AvgIpc) is 2.63. The van der Waals surface area contributed by atoms with Crippen LogP contribution in [0.3, 0.4) is 0 Å². The number of amides is 2. The summed E-state index contributed by atoms with van der Waals surface area (Å²) in [6, 6.07) is 0. The Bertz CT molecular complexity index is 590.